The maximum Gasteiger partial charge on any atom is 1.00 e. The first-order chi connectivity index (χ1) is 15.0. The van der Waals surface area contributed by atoms with Gasteiger partial charge in [0.25, 0.3) is 5.91 Å². The summed E-state index contributed by atoms with van der Waals surface area (Å²) >= 11 is 0. The number of aromatic nitrogens is 1. The van der Waals surface area contributed by atoms with Crippen molar-refractivity contribution in [3.63, 3.8) is 0 Å². The molecule has 0 aliphatic heterocycles. The van der Waals surface area contributed by atoms with Crippen LogP contribution in [0.15, 0.2) is 91.3 Å². The summed E-state index contributed by atoms with van der Waals surface area (Å²) in [7, 11) is 0. The number of carbonyl (C=O) groups excluding carboxylic acids is 2. The Labute approximate surface area is 208 Å². The van der Waals surface area contributed by atoms with Gasteiger partial charge in [-0.2, -0.15) is 0 Å². The van der Waals surface area contributed by atoms with E-state index in [2.05, 4.69) is 10.3 Å². The van der Waals surface area contributed by atoms with E-state index in [0.717, 1.165) is 27.8 Å². The minimum atomic E-state index is -1.36. The van der Waals surface area contributed by atoms with Crippen LogP contribution in [0.3, 0.4) is 0 Å². The summed E-state index contributed by atoms with van der Waals surface area (Å²) in [5, 5.41) is 14.3. The maximum absolute atomic E-state index is 12.9. The smallest absolute Gasteiger partial charge is 0.545 e. The molecule has 0 radical (unpaired) electrons. The van der Waals surface area contributed by atoms with Crippen LogP contribution in [0.25, 0.3) is 22.3 Å². The van der Waals surface area contributed by atoms with Crippen molar-refractivity contribution in [3.05, 3.63) is 108 Å². The first-order valence-electron chi connectivity index (χ1n) is 9.75. The average molecular weight is 430 g/mol. The number of benzene rings is 3. The van der Waals surface area contributed by atoms with Crippen LogP contribution < -0.4 is 40.0 Å². The molecule has 1 N–H and O–H groups in total. The van der Waals surface area contributed by atoms with E-state index in [1.54, 1.807) is 24.4 Å². The van der Waals surface area contributed by atoms with Crippen LogP contribution in [0.1, 0.15) is 26.3 Å². The second kappa shape index (κ2) is 10.4. The van der Waals surface area contributed by atoms with Crippen molar-refractivity contribution in [1.29, 1.82) is 0 Å². The van der Waals surface area contributed by atoms with E-state index >= 15 is 0 Å². The Morgan fingerprint density at radius 3 is 2.22 bits per heavy atom. The third-order valence-corrected chi connectivity index (χ3v) is 4.95. The minimum absolute atomic E-state index is 0. The maximum atomic E-state index is 12.9. The molecule has 0 spiro atoms. The van der Waals surface area contributed by atoms with Crippen molar-refractivity contribution in [3.8, 4) is 22.3 Å². The summed E-state index contributed by atoms with van der Waals surface area (Å²) < 4.78 is 0. The normalized spacial score (nSPS) is 10.2. The number of carboxylic acid groups (broad SMARTS) is 1. The van der Waals surface area contributed by atoms with Gasteiger partial charge in [-0.1, -0.05) is 72.3 Å². The zero-order chi connectivity index (χ0) is 21.8. The molecular weight excluding hydrogens is 411 g/mol. The Morgan fingerprint density at radius 2 is 1.50 bits per heavy atom. The molecule has 0 atom stereocenters. The fourth-order valence-electron chi connectivity index (χ4n) is 3.38. The molecule has 0 fully saturated rings. The second-order valence-corrected chi connectivity index (χ2v) is 7.20. The number of carboxylic acids is 1. The van der Waals surface area contributed by atoms with E-state index < -0.39 is 11.9 Å². The number of nitrogens with zero attached hydrogens (tertiary/aromatic N) is 1. The number of aromatic carboxylic acids is 1. The molecule has 3 aromatic carbocycles. The molecule has 4 rings (SSSR count). The summed E-state index contributed by atoms with van der Waals surface area (Å²) in [5.41, 5.74) is 4.94. The van der Waals surface area contributed by atoms with Gasteiger partial charge in [0.05, 0.1) is 17.2 Å². The number of anilines is 1. The molecule has 1 amide bonds. The van der Waals surface area contributed by atoms with Gasteiger partial charge in [0, 0.05) is 23.5 Å². The SMILES string of the molecule is Cc1cccc(-c2ccc(C(=O)[O-])c(NC(=O)c3cncc(-c4ccccc4)c3)c2)c1.[Na+]. The van der Waals surface area contributed by atoms with Crippen LogP contribution in [0.5, 0.6) is 0 Å². The third kappa shape index (κ3) is 5.32. The van der Waals surface area contributed by atoms with E-state index in [0.29, 0.717) is 5.56 Å². The van der Waals surface area contributed by atoms with Crippen LogP contribution in [-0.4, -0.2) is 16.9 Å². The number of rotatable bonds is 5. The molecule has 32 heavy (non-hydrogen) atoms. The quantitative estimate of drug-likeness (QED) is 0.485. The van der Waals surface area contributed by atoms with Crippen LogP contribution >= 0.6 is 0 Å². The molecule has 0 aliphatic rings. The molecule has 0 unspecified atom stereocenters. The van der Waals surface area contributed by atoms with E-state index in [1.807, 2.05) is 61.5 Å². The van der Waals surface area contributed by atoms with Crippen LogP contribution in [0, 0.1) is 6.92 Å². The van der Waals surface area contributed by atoms with Gasteiger partial charge in [0.2, 0.25) is 0 Å². The average Bonchev–Trinajstić information content (AvgIpc) is 2.79. The molecule has 6 heteroatoms. The molecule has 0 saturated heterocycles. The largest absolute Gasteiger partial charge is 1.00 e. The van der Waals surface area contributed by atoms with Gasteiger partial charge in [0.15, 0.2) is 0 Å². The van der Waals surface area contributed by atoms with Crippen molar-refractivity contribution in [2.24, 2.45) is 0 Å². The number of nitrogens with one attached hydrogen (secondary N) is 1. The minimum Gasteiger partial charge on any atom is -0.545 e. The summed E-state index contributed by atoms with van der Waals surface area (Å²) in [4.78, 5) is 28.7. The molecule has 1 aromatic heterocycles. The predicted octanol–water partition coefficient (Wildman–Crippen LogP) is 1.34. The van der Waals surface area contributed by atoms with Crippen LogP contribution in [0.2, 0.25) is 0 Å². The van der Waals surface area contributed by atoms with E-state index in [-0.39, 0.29) is 40.8 Å². The van der Waals surface area contributed by atoms with E-state index in [1.165, 1.54) is 12.3 Å². The molecule has 152 valence electrons. The van der Waals surface area contributed by atoms with Gasteiger partial charge in [-0.15, -0.1) is 0 Å². The third-order valence-electron chi connectivity index (χ3n) is 4.95. The number of aryl methyl sites for hydroxylation is 1. The number of hydrogen-bond donors (Lipinski definition) is 1. The van der Waals surface area contributed by atoms with Gasteiger partial charge < -0.3 is 15.2 Å². The van der Waals surface area contributed by atoms with Gasteiger partial charge in [-0.3, -0.25) is 9.78 Å². The molecule has 1 heterocycles. The zero-order valence-electron chi connectivity index (χ0n) is 17.8. The fraction of sp³-hybridized carbons (Fsp3) is 0.0385. The van der Waals surface area contributed by atoms with E-state index in [4.69, 9.17) is 0 Å². The fourth-order valence-corrected chi connectivity index (χ4v) is 3.38. The van der Waals surface area contributed by atoms with Crippen LogP contribution in [0.4, 0.5) is 5.69 Å². The summed E-state index contributed by atoms with van der Waals surface area (Å²) in [6.07, 6.45) is 3.13. The molecule has 5 nitrogen and oxygen atoms in total. The van der Waals surface area contributed by atoms with Gasteiger partial charge in [-0.05, 0) is 35.7 Å². The Kier molecular flexibility index (Phi) is 7.59. The summed E-state index contributed by atoms with van der Waals surface area (Å²) in [5.74, 6) is -1.81. The predicted molar refractivity (Wildman–Crippen MR) is 119 cm³/mol. The number of hydrogen-bond acceptors (Lipinski definition) is 4. The second-order valence-electron chi connectivity index (χ2n) is 7.20. The number of carbonyl (C=O) groups is 2. The van der Waals surface area contributed by atoms with Crippen LogP contribution in [-0.2, 0) is 0 Å². The zero-order valence-corrected chi connectivity index (χ0v) is 19.8. The molecular formula is C26H19N2NaO3. The number of pyridine rings is 1. The van der Waals surface area contributed by atoms with Crippen molar-refractivity contribution >= 4 is 17.6 Å². The summed E-state index contributed by atoms with van der Waals surface area (Å²) in [6, 6.07) is 23.9. The Hall–Kier alpha value is -3.25. The number of amides is 1. The standard InChI is InChI=1S/C26H20N2O3.Na/c1-17-6-5-9-19(12-17)20-10-11-23(26(30)31)24(14-20)28-25(29)22-13-21(15-27-16-22)18-7-3-2-4-8-18;/h2-16H,1H3,(H,28,29)(H,30,31);/q;+1/p-1. The van der Waals surface area contributed by atoms with Gasteiger partial charge in [0.1, 0.15) is 0 Å². The van der Waals surface area contributed by atoms with E-state index in [9.17, 15) is 14.7 Å². The van der Waals surface area contributed by atoms with Gasteiger partial charge in [-0.25, -0.2) is 0 Å². The van der Waals surface area contributed by atoms with Crippen molar-refractivity contribution in [1.82, 2.24) is 4.98 Å². The molecule has 0 aliphatic carbocycles. The first kappa shape index (κ1) is 23.4. The molecule has 0 saturated carbocycles. The Morgan fingerprint density at radius 1 is 0.781 bits per heavy atom. The topological polar surface area (TPSA) is 82.1 Å². The Balaban J connectivity index is 0.00000289. The van der Waals surface area contributed by atoms with Crippen molar-refractivity contribution in [2.75, 3.05) is 5.32 Å². The summed E-state index contributed by atoms with van der Waals surface area (Å²) in [6.45, 7) is 1.98. The first-order valence-corrected chi connectivity index (χ1v) is 9.75. The molecule has 4 aromatic rings. The molecule has 0 bridgehead atoms. The monoisotopic (exact) mass is 430 g/mol. The van der Waals surface area contributed by atoms with Crippen molar-refractivity contribution in [2.45, 2.75) is 6.92 Å². The van der Waals surface area contributed by atoms with Crippen molar-refractivity contribution < 1.29 is 44.3 Å². The van der Waals surface area contributed by atoms with Gasteiger partial charge >= 0.3 is 29.6 Å². The Bertz CT molecular complexity index is 1270.